The summed E-state index contributed by atoms with van der Waals surface area (Å²) in [7, 11) is 1.51. The van der Waals surface area contributed by atoms with Gasteiger partial charge in [-0.25, -0.2) is 9.37 Å². The van der Waals surface area contributed by atoms with E-state index in [1.54, 1.807) is 37.3 Å². The Hall–Kier alpha value is -3.20. The molecule has 9 heteroatoms. The van der Waals surface area contributed by atoms with Crippen LogP contribution in [0.25, 0.3) is 11.3 Å². The van der Waals surface area contributed by atoms with E-state index in [1.165, 1.54) is 19.2 Å². The highest BCUT2D eigenvalue weighted by atomic mass is 35.5. The highest BCUT2D eigenvalue weighted by Gasteiger charge is 2.38. The molecule has 3 N–H and O–H groups in total. The first-order valence-corrected chi connectivity index (χ1v) is 12.3. The molecule has 196 valence electrons. The number of aliphatic hydroxyl groups is 1. The molecule has 0 bridgehead atoms. The van der Waals surface area contributed by atoms with E-state index in [-0.39, 0.29) is 30.3 Å². The van der Waals surface area contributed by atoms with Crippen LogP contribution in [0.2, 0.25) is 5.02 Å². The van der Waals surface area contributed by atoms with Crippen LogP contribution in [0.15, 0.2) is 42.5 Å². The van der Waals surface area contributed by atoms with Crippen molar-refractivity contribution in [2.75, 3.05) is 20.3 Å². The summed E-state index contributed by atoms with van der Waals surface area (Å²) in [5.74, 6) is 0.755. The summed E-state index contributed by atoms with van der Waals surface area (Å²) in [5.41, 5.74) is 6.52. The maximum atomic E-state index is 13.8. The molecular weight excluding hydrogens is 499 g/mol. The molecule has 0 aliphatic carbocycles. The van der Waals surface area contributed by atoms with Crippen LogP contribution < -0.4 is 19.9 Å². The quantitative estimate of drug-likeness (QED) is 0.359. The second-order valence-corrected chi connectivity index (χ2v) is 9.97. The van der Waals surface area contributed by atoms with Gasteiger partial charge in [-0.1, -0.05) is 11.6 Å². The fraction of sp³-hybridized carbons (Fsp3) is 0.357. The Morgan fingerprint density at radius 3 is 2.70 bits per heavy atom. The van der Waals surface area contributed by atoms with Gasteiger partial charge in [-0.05, 0) is 69.7 Å². The lowest BCUT2D eigenvalue weighted by Crippen LogP contribution is -2.35. The zero-order chi connectivity index (χ0) is 27.0. The van der Waals surface area contributed by atoms with E-state index < -0.39 is 17.0 Å². The van der Waals surface area contributed by atoms with E-state index in [0.717, 1.165) is 0 Å². The number of aromatic nitrogens is 1. The summed E-state index contributed by atoms with van der Waals surface area (Å²) in [6.07, 6.45) is 0.149. The highest BCUT2D eigenvalue weighted by Crippen LogP contribution is 2.44. The van der Waals surface area contributed by atoms with Gasteiger partial charge in [-0.15, -0.1) is 0 Å². The molecule has 7 nitrogen and oxygen atoms in total. The van der Waals surface area contributed by atoms with Crippen molar-refractivity contribution in [1.82, 2.24) is 4.98 Å². The van der Waals surface area contributed by atoms with E-state index in [0.29, 0.717) is 51.9 Å². The fourth-order valence-corrected chi connectivity index (χ4v) is 4.44. The smallest absolute Gasteiger partial charge is 0.163 e. The zero-order valence-corrected chi connectivity index (χ0v) is 22.0. The Kier molecular flexibility index (Phi) is 7.46. The molecule has 2 aromatic carbocycles. The third kappa shape index (κ3) is 5.42. The maximum Gasteiger partial charge on any atom is 0.163 e. The number of nitrogens with two attached hydrogens (primary N) is 1. The van der Waals surface area contributed by atoms with E-state index in [9.17, 15) is 14.3 Å². The molecule has 0 amide bonds. The van der Waals surface area contributed by atoms with Crippen LogP contribution in [0.1, 0.15) is 55.2 Å². The Morgan fingerprint density at radius 2 is 2.03 bits per heavy atom. The second-order valence-electron chi connectivity index (χ2n) is 9.56. The van der Waals surface area contributed by atoms with Crippen molar-refractivity contribution < 1.29 is 28.5 Å². The van der Waals surface area contributed by atoms with Gasteiger partial charge in [0, 0.05) is 23.1 Å². The molecule has 3 aromatic rings. The molecule has 1 aliphatic heterocycles. The number of carbonyl (C=O) groups excluding carboxylic acids is 1. The third-order valence-corrected chi connectivity index (χ3v) is 6.76. The molecule has 2 atom stereocenters. The lowest BCUT2D eigenvalue weighted by atomic mass is 9.88. The largest absolute Gasteiger partial charge is 0.493 e. The minimum atomic E-state index is -1.47. The molecule has 0 saturated heterocycles. The summed E-state index contributed by atoms with van der Waals surface area (Å²) in [6, 6.07) is 10.9. The van der Waals surface area contributed by atoms with Crippen LogP contribution in [0.5, 0.6) is 17.2 Å². The van der Waals surface area contributed by atoms with Gasteiger partial charge < -0.3 is 25.1 Å². The number of Topliss-reactive ketones (excluding diaryl/α,β-unsaturated/α-hetero) is 1. The van der Waals surface area contributed by atoms with Crippen LogP contribution in [0, 0.1) is 5.82 Å². The number of benzene rings is 2. The SMILES string of the molecule is CCOc1ccc(C(=O)CC[C@@](C)(O)c2cc3c(c(-c4ccc(F)c(Cl)c4)n2)OC[C@]3(C)N)cc1OC. The zero-order valence-electron chi connectivity index (χ0n) is 21.2. The number of hydrogen-bond acceptors (Lipinski definition) is 7. The number of hydrogen-bond donors (Lipinski definition) is 2. The maximum absolute atomic E-state index is 13.8. The van der Waals surface area contributed by atoms with Crippen molar-refractivity contribution in [3.63, 3.8) is 0 Å². The molecule has 0 spiro atoms. The first-order chi connectivity index (χ1) is 17.5. The van der Waals surface area contributed by atoms with Crippen molar-refractivity contribution in [2.45, 2.75) is 44.8 Å². The Morgan fingerprint density at radius 1 is 1.27 bits per heavy atom. The Labute approximate surface area is 220 Å². The average Bonchev–Trinajstić information content (AvgIpc) is 3.18. The minimum Gasteiger partial charge on any atom is -0.493 e. The lowest BCUT2D eigenvalue weighted by molar-refractivity contribution is 0.0396. The third-order valence-electron chi connectivity index (χ3n) is 6.47. The molecule has 0 saturated carbocycles. The van der Waals surface area contributed by atoms with Gasteiger partial charge in [0.1, 0.15) is 23.7 Å². The van der Waals surface area contributed by atoms with Crippen LogP contribution in [-0.2, 0) is 11.1 Å². The number of halogens is 2. The number of rotatable bonds is 9. The number of fused-ring (bicyclic) bond motifs is 1. The normalized spacial score (nSPS) is 18.1. The monoisotopic (exact) mass is 528 g/mol. The van der Waals surface area contributed by atoms with Crippen molar-refractivity contribution in [1.29, 1.82) is 0 Å². The van der Waals surface area contributed by atoms with Crippen molar-refractivity contribution in [3.8, 4) is 28.5 Å². The first kappa shape index (κ1) is 26.9. The predicted molar refractivity (Wildman–Crippen MR) is 139 cm³/mol. The first-order valence-electron chi connectivity index (χ1n) is 12.0. The summed E-state index contributed by atoms with van der Waals surface area (Å²) in [5, 5.41) is 11.4. The molecule has 0 radical (unpaired) electrons. The van der Waals surface area contributed by atoms with Gasteiger partial charge in [0.15, 0.2) is 23.0 Å². The van der Waals surface area contributed by atoms with E-state index in [2.05, 4.69) is 4.98 Å². The molecule has 1 aliphatic rings. The molecule has 37 heavy (non-hydrogen) atoms. The molecule has 2 heterocycles. The van der Waals surface area contributed by atoms with Crippen molar-refractivity contribution in [3.05, 3.63) is 70.1 Å². The number of ketones is 1. The summed E-state index contributed by atoms with van der Waals surface area (Å²) in [4.78, 5) is 17.7. The lowest BCUT2D eigenvalue weighted by Gasteiger charge is -2.25. The van der Waals surface area contributed by atoms with Gasteiger partial charge in [0.25, 0.3) is 0 Å². The highest BCUT2D eigenvalue weighted by molar-refractivity contribution is 6.31. The standard InChI is InChI=1S/C28H30ClFN2O5/c1-5-36-22-9-7-16(13-23(22)35-4)21(33)10-11-28(3,34)24-14-18-26(37-15-27(18,2)31)25(32-24)17-6-8-20(30)19(29)12-17/h6-9,12-14,34H,5,10-11,15,31H2,1-4H3/t27-,28+/m0/s1. The average molecular weight is 529 g/mol. The number of methoxy groups -OCH3 is 1. The molecule has 4 rings (SSSR count). The van der Waals surface area contributed by atoms with Crippen LogP contribution in [0.4, 0.5) is 4.39 Å². The molecule has 0 unspecified atom stereocenters. The second kappa shape index (κ2) is 10.3. The van der Waals surface area contributed by atoms with Gasteiger partial charge in [0.05, 0.1) is 30.0 Å². The van der Waals surface area contributed by atoms with Crippen LogP contribution in [-0.4, -0.2) is 36.2 Å². The van der Waals surface area contributed by atoms with E-state index in [4.69, 9.17) is 31.5 Å². The summed E-state index contributed by atoms with van der Waals surface area (Å²) >= 11 is 6.02. The van der Waals surface area contributed by atoms with E-state index >= 15 is 0 Å². The predicted octanol–water partition coefficient (Wildman–Crippen LogP) is 5.39. The van der Waals surface area contributed by atoms with Crippen LogP contribution in [0.3, 0.4) is 0 Å². The van der Waals surface area contributed by atoms with Gasteiger partial charge in [-0.3, -0.25) is 4.79 Å². The van der Waals surface area contributed by atoms with Gasteiger partial charge >= 0.3 is 0 Å². The number of pyridine rings is 1. The topological polar surface area (TPSA) is 104 Å². The van der Waals surface area contributed by atoms with Crippen molar-refractivity contribution >= 4 is 17.4 Å². The van der Waals surface area contributed by atoms with Crippen molar-refractivity contribution in [2.24, 2.45) is 5.73 Å². The molecule has 0 fully saturated rings. The van der Waals surface area contributed by atoms with Gasteiger partial charge in [0.2, 0.25) is 0 Å². The van der Waals surface area contributed by atoms with E-state index in [1.807, 2.05) is 13.8 Å². The molecular formula is C28H30ClFN2O5. The summed E-state index contributed by atoms with van der Waals surface area (Å²) in [6.45, 7) is 5.97. The number of ether oxygens (including phenoxy) is 3. The number of nitrogens with zero attached hydrogens (tertiary/aromatic N) is 1. The Balaban J connectivity index is 1.64. The van der Waals surface area contributed by atoms with Crippen LogP contribution >= 0.6 is 11.6 Å². The Bertz CT molecular complexity index is 1340. The number of carbonyl (C=O) groups is 1. The fourth-order valence-electron chi connectivity index (χ4n) is 4.26. The summed E-state index contributed by atoms with van der Waals surface area (Å²) < 4.78 is 30.5. The molecule has 1 aromatic heterocycles. The van der Waals surface area contributed by atoms with Gasteiger partial charge in [-0.2, -0.15) is 0 Å². The minimum absolute atomic E-state index is 0.0526.